The summed E-state index contributed by atoms with van der Waals surface area (Å²) in [5.41, 5.74) is 4.52. The fourth-order valence-electron chi connectivity index (χ4n) is 3.82. The van der Waals surface area contributed by atoms with Crippen LogP contribution in [0, 0.1) is 6.92 Å². The fourth-order valence-corrected chi connectivity index (χ4v) is 4.58. The lowest BCUT2D eigenvalue weighted by Crippen LogP contribution is -2.16. The molecule has 1 N–H and O–H groups in total. The molecular formula is C26H23N5OS. The van der Waals surface area contributed by atoms with Crippen LogP contribution in [0.15, 0.2) is 88.9 Å². The number of nitrogens with zero attached hydrogens (tertiary/aromatic N) is 4. The zero-order valence-electron chi connectivity index (χ0n) is 18.2. The first kappa shape index (κ1) is 21.2. The Morgan fingerprint density at radius 3 is 2.64 bits per heavy atom. The second-order valence-electron chi connectivity index (χ2n) is 7.94. The summed E-state index contributed by atoms with van der Waals surface area (Å²) >= 11 is 1.46. The van der Waals surface area contributed by atoms with Gasteiger partial charge in [-0.1, -0.05) is 89.8 Å². The third-order valence-electron chi connectivity index (χ3n) is 5.60. The molecule has 0 amide bonds. The molecule has 0 aliphatic heterocycles. The average molecular weight is 454 g/mol. The standard InChI is InChI=1S/C26H23N5OS/c1-18-24(14-21-12-7-11-20-10-5-6-13-23(20)21)27-26(28-25(18)32)33-17-22-16-31(30-29-22)15-19-8-3-2-4-9-19/h2-13,16H,14-15,17H2,1H3,(H,27,28,32). The maximum atomic E-state index is 12.6. The molecule has 2 aromatic heterocycles. The molecule has 33 heavy (non-hydrogen) atoms. The van der Waals surface area contributed by atoms with Crippen LogP contribution in [0.25, 0.3) is 10.8 Å². The molecule has 2 heterocycles. The van der Waals surface area contributed by atoms with Crippen molar-refractivity contribution in [2.24, 2.45) is 0 Å². The van der Waals surface area contributed by atoms with Crippen molar-refractivity contribution in [1.82, 2.24) is 25.0 Å². The summed E-state index contributed by atoms with van der Waals surface area (Å²) in [5, 5.41) is 11.5. The van der Waals surface area contributed by atoms with E-state index in [0.29, 0.717) is 29.4 Å². The van der Waals surface area contributed by atoms with Crippen LogP contribution in [0.2, 0.25) is 0 Å². The van der Waals surface area contributed by atoms with Gasteiger partial charge in [0.1, 0.15) is 0 Å². The monoisotopic (exact) mass is 453 g/mol. The minimum Gasteiger partial charge on any atom is -0.301 e. The number of benzene rings is 3. The minimum absolute atomic E-state index is 0.101. The maximum Gasteiger partial charge on any atom is 0.254 e. The number of hydrogen-bond donors (Lipinski definition) is 1. The van der Waals surface area contributed by atoms with E-state index in [9.17, 15) is 4.79 Å². The van der Waals surface area contributed by atoms with Gasteiger partial charge < -0.3 is 4.98 Å². The molecule has 5 aromatic rings. The lowest BCUT2D eigenvalue weighted by atomic mass is 9.99. The van der Waals surface area contributed by atoms with Crippen molar-refractivity contribution in [3.8, 4) is 0 Å². The van der Waals surface area contributed by atoms with Crippen molar-refractivity contribution in [2.75, 3.05) is 0 Å². The number of thioether (sulfide) groups is 1. The topological polar surface area (TPSA) is 76.5 Å². The molecule has 0 spiro atoms. The van der Waals surface area contributed by atoms with Gasteiger partial charge >= 0.3 is 0 Å². The highest BCUT2D eigenvalue weighted by Crippen LogP contribution is 2.23. The maximum absolute atomic E-state index is 12.6. The number of nitrogens with one attached hydrogen (secondary N) is 1. The second-order valence-corrected chi connectivity index (χ2v) is 8.90. The lowest BCUT2D eigenvalue weighted by molar-refractivity contribution is 0.649. The summed E-state index contributed by atoms with van der Waals surface area (Å²) in [6.45, 7) is 2.50. The molecule has 7 heteroatoms. The number of hydrogen-bond acceptors (Lipinski definition) is 5. The Labute approximate surface area is 195 Å². The Bertz CT molecular complexity index is 1450. The average Bonchev–Trinajstić information content (AvgIpc) is 3.29. The Balaban J connectivity index is 1.32. The van der Waals surface area contributed by atoms with Gasteiger partial charge in [0, 0.05) is 23.9 Å². The third-order valence-corrected chi connectivity index (χ3v) is 6.51. The van der Waals surface area contributed by atoms with Crippen LogP contribution in [-0.4, -0.2) is 25.0 Å². The van der Waals surface area contributed by atoms with Crippen molar-refractivity contribution in [1.29, 1.82) is 0 Å². The first-order valence-corrected chi connectivity index (χ1v) is 11.8. The number of rotatable bonds is 7. The molecule has 0 atom stereocenters. The highest BCUT2D eigenvalue weighted by atomic mass is 32.2. The van der Waals surface area contributed by atoms with Gasteiger partial charge in [-0.05, 0) is 28.8 Å². The molecule has 0 aliphatic carbocycles. The predicted molar refractivity (Wildman–Crippen MR) is 131 cm³/mol. The van der Waals surface area contributed by atoms with E-state index in [4.69, 9.17) is 4.98 Å². The number of aromatic amines is 1. The Morgan fingerprint density at radius 1 is 0.970 bits per heavy atom. The fraction of sp³-hybridized carbons (Fsp3) is 0.154. The molecule has 164 valence electrons. The van der Waals surface area contributed by atoms with E-state index in [1.807, 2.05) is 48.1 Å². The van der Waals surface area contributed by atoms with E-state index in [0.717, 1.165) is 17.0 Å². The van der Waals surface area contributed by atoms with E-state index >= 15 is 0 Å². The summed E-state index contributed by atoms with van der Waals surface area (Å²) in [7, 11) is 0. The van der Waals surface area contributed by atoms with E-state index in [1.165, 1.54) is 28.1 Å². The Kier molecular flexibility index (Phi) is 6.04. The van der Waals surface area contributed by atoms with Crippen molar-refractivity contribution < 1.29 is 0 Å². The molecule has 0 bridgehead atoms. The summed E-state index contributed by atoms with van der Waals surface area (Å²) in [5.74, 6) is 0.578. The largest absolute Gasteiger partial charge is 0.301 e. The van der Waals surface area contributed by atoms with Crippen molar-refractivity contribution in [3.05, 3.63) is 117 Å². The van der Waals surface area contributed by atoms with Gasteiger partial charge in [-0.15, -0.1) is 5.10 Å². The zero-order valence-corrected chi connectivity index (χ0v) is 19.0. The van der Waals surface area contributed by atoms with Crippen molar-refractivity contribution in [2.45, 2.75) is 30.8 Å². The molecule has 0 unspecified atom stereocenters. The van der Waals surface area contributed by atoms with E-state index in [1.54, 1.807) is 0 Å². The Morgan fingerprint density at radius 2 is 1.76 bits per heavy atom. The molecule has 3 aromatic carbocycles. The van der Waals surface area contributed by atoms with Crippen LogP contribution < -0.4 is 5.56 Å². The molecule has 6 nitrogen and oxygen atoms in total. The van der Waals surface area contributed by atoms with Crippen LogP contribution in [0.4, 0.5) is 0 Å². The summed E-state index contributed by atoms with van der Waals surface area (Å²) in [4.78, 5) is 20.3. The number of H-pyrrole nitrogens is 1. The third kappa shape index (κ3) is 4.88. The van der Waals surface area contributed by atoms with Gasteiger partial charge in [-0.2, -0.15) is 0 Å². The molecule has 0 saturated heterocycles. The molecule has 5 rings (SSSR count). The van der Waals surface area contributed by atoms with Crippen LogP contribution >= 0.6 is 11.8 Å². The van der Waals surface area contributed by atoms with Crippen LogP contribution in [0.1, 0.15) is 28.1 Å². The highest BCUT2D eigenvalue weighted by Gasteiger charge is 2.12. The normalized spacial score (nSPS) is 11.2. The first-order valence-electron chi connectivity index (χ1n) is 10.8. The van der Waals surface area contributed by atoms with Crippen LogP contribution in [0.5, 0.6) is 0 Å². The summed E-state index contributed by atoms with van der Waals surface area (Å²) in [6.07, 6.45) is 2.54. The molecular weight excluding hydrogens is 430 g/mol. The quantitative estimate of drug-likeness (QED) is 0.284. The highest BCUT2D eigenvalue weighted by molar-refractivity contribution is 7.98. The van der Waals surface area contributed by atoms with Crippen LogP contribution in [0.3, 0.4) is 0 Å². The lowest BCUT2D eigenvalue weighted by Gasteiger charge is -2.09. The summed E-state index contributed by atoms with van der Waals surface area (Å²) in [6, 6.07) is 24.7. The second kappa shape index (κ2) is 9.42. The Hall–Kier alpha value is -3.71. The van der Waals surface area contributed by atoms with Crippen molar-refractivity contribution >= 4 is 22.5 Å². The van der Waals surface area contributed by atoms with Crippen LogP contribution in [-0.2, 0) is 18.7 Å². The smallest absolute Gasteiger partial charge is 0.254 e. The number of fused-ring (bicyclic) bond motifs is 1. The van der Waals surface area contributed by atoms with Gasteiger partial charge in [-0.25, -0.2) is 9.67 Å². The first-order chi connectivity index (χ1) is 16.2. The van der Waals surface area contributed by atoms with Gasteiger partial charge in [0.2, 0.25) is 0 Å². The predicted octanol–water partition coefficient (Wildman–Crippen LogP) is 4.75. The molecule has 0 fully saturated rings. The van der Waals surface area contributed by atoms with Gasteiger partial charge in [0.05, 0.1) is 17.9 Å². The van der Waals surface area contributed by atoms with Gasteiger partial charge in [0.25, 0.3) is 5.56 Å². The van der Waals surface area contributed by atoms with Gasteiger partial charge in [-0.3, -0.25) is 4.79 Å². The molecule has 0 saturated carbocycles. The van der Waals surface area contributed by atoms with Crippen molar-refractivity contribution in [3.63, 3.8) is 0 Å². The number of aromatic nitrogens is 5. The van der Waals surface area contributed by atoms with E-state index in [2.05, 4.69) is 57.8 Å². The minimum atomic E-state index is -0.101. The molecule has 0 aliphatic rings. The zero-order chi connectivity index (χ0) is 22.6. The van der Waals surface area contributed by atoms with E-state index in [-0.39, 0.29) is 5.56 Å². The summed E-state index contributed by atoms with van der Waals surface area (Å²) < 4.78 is 1.82. The van der Waals surface area contributed by atoms with E-state index < -0.39 is 0 Å². The SMILES string of the molecule is Cc1c(Cc2cccc3ccccc23)nc(SCc2cn(Cc3ccccc3)nn2)[nH]c1=O. The van der Waals surface area contributed by atoms with Gasteiger partial charge in [0.15, 0.2) is 5.16 Å². The molecule has 0 radical (unpaired) electrons.